The molecule has 0 saturated carbocycles. The van der Waals surface area contributed by atoms with Crippen LogP contribution in [0.3, 0.4) is 0 Å². The van der Waals surface area contributed by atoms with Crippen LogP contribution >= 0.6 is 11.6 Å². The average molecular weight is 412 g/mol. The molecule has 2 amide bonds. The van der Waals surface area contributed by atoms with Crippen LogP contribution in [0.15, 0.2) is 47.6 Å². The lowest BCUT2D eigenvalue weighted by molar-refractivity contribution is -0.133. The van der Waals surface area contributed by atoms with Gasteiger partial charge in [-0.05, 0) is 43.2 Å². The largest absolute Gasteiger partial charge is 0.464 e. The van der Waals surface area contributed by atoms with Gasteiger partial charge >= 0.3 is 5.97 Å². The summed E-state index contributed by atoms with van der Waals surface area (Å²) in [5.74, 6) is -2.77. The Labute approximate surface area is 172 Å². The van der Waals surface area contributed by atoms with E-state index in [1.807, 2.05) is 25.1 Å². The number of hydrogen-bond donors (Lipinski definition) is 0. The molecule has 2 atom stereocenters. The lowest BCUT2D eigenvalue weighted by atomic mass is 9.97. The highest BCUT2D eigenvalue weighted by molar-refractivity contribution is 6.47. The van der Waals surface area contributed by atoms with Crippen molar-refractivity contribution in [3.63, 3.8) is 0 Å². The van der Waals surface area contributed by atoms with E-state index in [0.29, 0.717) is 22.0 Å². The third-order valence-electron chi connectivity index (χ3n) is 5.29. The third-order valence-corrected chi connectivity index (χ3v) is 5.70. The van der Waals surface area contributed by atoms with Crippen molar-refractivity contribution in [1.29, 1.82) is 0 Å². The molecule has 1 fully saturated rings. The van der Waals surface area contributed by atoms with Crippen LogP contribution in [0.1, 0.15) is 11.1 Å². The highest BCUT2D eigenvalue weighted by Gasteiger charge is 2.59. The number of ether oxygens (including phenoxy) is 1. The van der Waals surface area contributed by atoms with Crippen molar-refractivity contribution in [2.45, 2.75) is 19.9 Å². The van der Waals surface area contributed by atoms with E-state index >= 15 is 0 Å². The summed E-state index contributed by atoms with van der Waals surface area (Å²) >= 11 is 6.20. The van der Waals surface area contributed by atoms with E-state index in [0.717, 1.165) is 10.5 Å². The molecule has 29 heavy (non-hydrogen) atoms. The SMILES string of the molecule is COC(=O)C1=NN(c2ccccc2C)[C@H]2C(=O)N(c3cccc(Cl)c3C)C(=O)[C@H]12. The first-order valence-corrected chi connectivity index (χ1v) is 9.39. The van der Waals surface area contributed by atoms with Crippen molar-refractivity contribution in [1.82, 2.24) is 0 Å². The van der Waals surface area contributed by atoms with Gasteiger partial charge in [0.25, 0.3) is 5.91 Å². The number of nitrogens with zero attached hydrogens (tertiary/aromatic N) is 3. The van der Waals surface area contributed by atoms with Gasteiger partial charge < -0.3 is 4.74 Å². The zero-order valence-corrected chi connectivity index (χ0v) is 16.8. The minimum Gasteiger partial charge on any atom is -0.464 e. The molecule has 4 rings (SSSR count). The first-order chi connectivity index (χ1) is 13.9. The first-order valence-electron chi connectivity index (χ1n) is 9.01. The van der Waals surface area contributed by atoms with Gasteiger partial charge in [-0.1, -0.05) is 35.9 Å². The number of rotatable bonds is 3. The van der Waals surface area contributed by atoms with Gasteiger partial charge in [0.15, 0.2) is 5.71 Å². The Hall–Kier alpha value is -3.19. The van der Waals surface area contributed by atoms with E-state index in [2.05, 4.69) is 5.10 Å². The summed E-state index contributed by atoms with van der Waals surface area (Å²) in [5, 5.41) is 6.22. The van der Waals surface area contributed by atoms with Crippen LogP contribution in [0.25, 0.3) is 0 Å². The highest BCUT2D eigenvalue weighted by Crippen LogP contribution is 2.40. The van der Waals surface area contributed by atoms with Crippen molar-refractivity contribution >= 4 is 46.5 Å². The summed E-state index contributed by atoms with van der Waals surface area (Å²) in [6, 6.07) is 11.4. The number of aryl methyl sites for hydroxylation is 1. The van der Waals surface area contributed by atoms with Gasteiger partial charge in [0, 0.05) is 5.02 Å². The summed E-state index contributed by atoms with van der Waals surface area (Å²) in [5.41, 5.74) is 2.43. The predicted octanol–water partition coefficient (Wildman–Crippen LogP) is 2.86. The van der Waals surface area contributed by atoms with Gasteiger partial charge in [0.1, 0.15) is 12.0 Å². The zero-order chi connectivity index (χ0) is 20.9. The fourth-order valence-corrected chi connectivity index (χ4v) is 3.95. The second-order valence-corrected chi connectivity index (χ2v) is 7.33. The molecular formula is C21H18ClN3O4. The maximum atomic E-state index is 13.4. The fourth-order valence-electron chi connectivity index (χ4n) is 3.78. The van der Waals surface area contributed by atoms with E-state index in [4.69, 9.17) is 16.3 Å². The van der Waals surface area contributed by atoms with Crippen molar-refractivity contribution < 1.29 is 19.1 Å². The maximum absolute atomic E-state index is 13.4. The smallest absolute Gasteiger partial charge is 0.355 e. The number of carbonyl (C=O) groups is 3. The summed E-state index contributed by atoms with van der Waals surface area (Å²) in [7, 11) is 1.22. The average Bonchev–Trinajstić information content (AvgIpc) is 3.21. The predicted molar refractivity (Wildman–Crippen MR) is 109 cm³/mol. The standard InChI is InChI=1S/C21H18ClN3O4/c1-11-7-4-5-9-14(11)25-18-16(17(23-25)21(28)29-3)19(26)24(20(18)27)15-10-6-8-13(22)12(15)2/h4-10,16,18H,1-3H3/t16-,18-/m1/s1. The third kappa shape index (κ3) is 2.81. The van der Waals surface area contributed by atoms with E-state index in [1.54, 1.807) is 31.2 Å². The molecule has 0 radical (unpaired) electrons. The number of para-hydroxylation sites is 1. The molecule has 0 unspecified atom stereocenters. The second kappa shape index (κ2) is 7.00. The molecule has 0 spiro atoms. The summed E-state index contributed by atoms with van der Waals surface area (Å²) in [4.78, 5) is 40.2. The number of benzene rings is 2. The Bertz CT molecular complexity index is 1080. The fraction of sp³-hybridized carbons (Fsp3) is 0.238. The maximum Gasteiger partial charge on any atom is 0.355 e. The quantitative estimate of drug-likeness (QED) is 0.573. The Kier molecular flexibility index (Phi) is 4.62. The van der Waals surface area contributed by atoms with Crippen LogP contribution < -0.4 is 9.91 Å². The molecule has 1 saturated heterocycles. The molecule has 148 valence electrons. The summed E-state index contributed by atoms with van der Waals surface area (Å²) < 4.78 is 4.82. The summed E-state index contributed by atoms with van der Waals surface area (Å²) in [6.07, 6.45) is 0. The van der Waals surface area contributed by atoms with Crippen LogP contribution in [0.2, 0.25) is 5.02 Å². The van der Waals surface area contributed by atoms with Crippen molar-refractivity contribution in [2.24, 2.45) is 11.0 Å². The van der Waals surface area contributed by atoms with Gasteiger partial charge in [-0.15, -0.1) is 0 Å². The molecule has 8 heteroatoms. The van der Waals surface area contributed by atoms with Crippen molar-refractivity contribution in [3.05, 3.63) is 58.6 Å². The van der Waals surface area contributed by atoms with E-state index < -0.39 is 29.7 Å². The number of hydrazone groups is 1. The van der Waals surface area contributed by atoms with E-state index in [1.165, 1.54) is 12.1 Å². The topological polar surface area (TPSA) is 79.3 Å². The van der Waals surface area contributed by atoms with Crippen LogP contribution in [-0.4, -0.2) is 36.6 Å². The summed E-state index contributed by atoms with van der Waals surface area (Å²) in [6.45, 7) is 3.61. The van der Waals surface area contributed by atoms with Crippen molar-refractivity contribution in [2.75, 3.05) is 17.0 Å². The van der Waals surface area contributed by atoms with Crippen LogP contribution in [0, 0.1) is 19.8 Å². The van der Waals surface area contributed by atoms with Gasteiger partial charge in [-0.3, -0.25) is 14.6 Å². The van der Waals surface area contributed by atoms with Crippen LogP contribution in [0.5, 0.6) is 0 Å². The number of anilines is 2. The van der Waals surface area contributed by atoms with Crippen LogP contribution in [-0.2, 0) is 19.1 Å². The number of methoxy groups -OCH3 is 1. The van der Waals surface area contributed by atoms with Gasteiger partial charge in [-0.25, -0.2) is 9.69 Å². The normalized spacial score (nSPS) is 20.8. The molecule has 2 aliphatic rings. The Balaban J connectivity index is 1.86. The van der Waals surface area contributed by atoms with E-state index in [-0.39, 0.29) is 5.71 Å². The Morgan fingerprint density at radius 2 is 1.72 bits per heavy atom. The first kappa shape index (κ1) is 19.1. The number of hydrogen-bond acceptors (Lipinski definition) is 6. The molecule has 2 aliphatic heterocycles. The molecule has 0 aliphatic carbocycles. The minimum absolute atomic E-state index is 0.0821. The molecule has 2 aromatic rings. The highest BCUT2D eigenvalue weighted by atomic mass is 35.5. The minimum atomic E-state index is -1.05. The van der Waals surface area contributed by atoms with Gasteiger partial charge in [0.05, 0.1) is 18.5 Å². The molecule has 0 bridgehead atoms. The van der Waals surface area contributed by atoms with Gasteiger partial charge in [-0.2, -0.15) is 5.10 Å². The van der Waals surface area contributed by atoms with Crippen LogP contribution in [0.4, 0.5) is 11.4 Å². The number of imide groups is 1. The van der Waals surface area contributed by atoms with E-state index in [9.17, 15) is 14.4 Å². The lowest BCUT2D eigenvalue weighted by Crippen LogP contribution is -2.39. The number of carbonyl (C=O) groups excluding carboxylic acids is 3. The molecule has 0 aromatic heterocycles. The molecule has 7 nitrogen and oxygen atoms in total. The molecule has 0 N–H and O–H groups in total. The zero-order valence-electron chi connectivity index (χ0n) is 16.0. The van der Waals surface area contributed by atoms with Crippen molar-refractivity contribution in [3.8, 4) is 0 Å². The molecule has 2 heterocycles. The molecule has 2 aromatic carbocycles. The monoisotopic (exact) mass is 411 g/mol. The lowest BCUT2D eigenvalue weighted by Gasteiger charge is -2.24. The number of fused-ring (bicyclic) bond motifs is 1. The number of halogens is 1. The molecular weight excluding hydrogens is 394 g/mol. The Morgan fingerprint density at radius 1 is 1.03 bits per heavy atom. The number of esters is 1. The van der Waals surface area contributed by atoms with Gasteiger partial charge in [0.2, 0.25) is 5.91 Å². The number of amides is 2. The second-order valence-electron chi connectivity index (χ2n) is 6.93. The Morgan fingerprint density at radius 3 is 2.41 bits per heavy atom.